The van der Waals surface area contributed by atoms with Crippen molar-refractivity contribution in [2.45, 2.75) is 77.4 Å². The molecular weight excluding hydrogens is 334 g/mol. The fraction of sp³-hybridized carbons (Fsp3) is 0.842. The van der Waals surface area contributed by atoms with Gasteiger partial charge in [0.1, 0.15) is 12.1 Å². The van der Waals surface area contributed by atoms with E-state index < -0.39 is 11.7 Å². The van der Waals surface area contributed by atoms with Crippen molar-refractivity contribution in [1.82, 2.24) is 15.5 Å². The number of alkyl carbamates (subject to hydrolysis) is 1. The van der Waals surface area contributed by atoms with Gasteiger partial charge in [-0.3, -0.25) is 9.59 Å². The number of ether oxygens (including phenoxy) is 1. The van der Waals surface area contributed by atoms with E-state index in [1.54, 1.807) is 20.8 Å². The van der Waals surface area contributed by atoms with Crippen molar-refractivity contribution in [3.63, 3.8) is 0 Å². The minimum atomic E-state index is -0.597. The number of carbonyl (C=O) groups excluding carboxylic acids is 3. The zero-order valence-electron chi connectivity index (χ0n) is 16.3. The number of amides is 3. The Balaban J connectivity index is 1.62. The molecule has 1 saturated carbocycles. The smallest absolute Gasteiger partial charge is 0.408 e. The summed E-state index contributed by atoms with van der Waals surface area (Å²) in [4.78, 5) is 37.8. The Morgan fingerprint density at radius 3 is 2.23 bits per heavy atom. The monoisotopic (exact) mass is 367 g/mol. The maximum Gasteiger partial charge on any atom is 0.408 e. The number of rotatable bonds is 5. The maximum absolute atomic E-state index is 12.4. The normalized spacial score (nSPS) is 19.3. The van der Waals surface area contributed by atoms with Crippen LogP contribution >= 0.6 is 0 Å². The van der Waals surface area contributed by atoms with Gasteiger partial charge in [-0.2, -0.15) is 0 Å². The number of likely N-dealkylation sites (tertiary alicyclic amines) is 1. The minimum absolute atomic E-state index is 0.0541. The molecule has 0 aromatic heterocycles. The molecule has 1 aliphatic heterocycles. The Hall–Kier alpha value is -1.79. The number of carbonyl (C=O) groups is 3. The molecule has 148 valence electrons. The van der Waals surface area contributed by atoms with E-state index in [0.717, 1.165) is 12.8 Å². The van der Waals surface area contributed by atoms with Crippen molar-refractivity contribution in [3.05, 3.63) is 0 Å². The van der Waals surface area contributed by atoms with E-state index in [4.69, 9.17) is 4.74 Å². The summed E-state index contributed by atoms with van der Waals surface area (Å²) in [5.41, 5.74) is -0.585. The second kappa shape index (κ2) is 9.24. The molecule has 1 aliphatic carbocycles. The molecule has 2 fully saturated rings. The first-order chi connectivity index (χ1) is 12.2. The fourth-order valence-corrected chi connectivity index (χ4v) is 3.61. The standard InChI is InChI=1S/C19H33N3O4/c1-19(2,3)26-18(25)20-13-16(23)21-15-8-10-22(11-9-15)17(24)12-14-6-4-5-7-14/h14-15H,4-13H2,1-3H3,(H,20,25)(H,21,23). The lowest BCUT2D eigenvalue weighted by Gasteiger charge is -2.33. The molecule has 0 bridgehead atoms. The van der Waals surface area contributed by atoms with Gasteiger partial charge >= 0.3 is 6.09 Å². The van der Waals surface area contributed by atoms with Gasteiger partial charge in [-0.05, 0) is 52.4 Å². The van der Waals surface area contributed by atoms with Crippen LogP contribution in [0.3, 0.4) is 0 Å². The molecule has 7 heteroatoms. The molecule has 1 saturated heterocycles. The predicted octanol–water partition coefficient (Wildman–Crippen LogP) is 2.20. The lowest BCUT2D eigenvalue weighted by Crippen LogP contribution is -2.49. The highest BCUT2D eigenvalue weighted by Crippen LogP contribution is 2.28. The summed E-state index contributed by atoms with van der Waals surface area (Å²) in [7, 11) is 0. The SMILES string of the molecule is CC(C)(C)OC(=O)NCC(=O)NC1CCN(C(=O)CC2CCCC2)CC1. The van der Waals surface area contributed by atoms with Gasteiger partial charge in [0.05, 0.1) is 0 Å². The van der Waals surface area contributed by atoms with E-state index in [-0.39, 0.29) is 24.4 Å². The van der Waals surface area contributed by atoms with Crippen LogP contribution in [0.15, 0.2) is 0 Å². The zero-order valence-corrected chi connectivity index (χ0v) is 16.3. The molecule has 2 aliphatic rings. The highest BCUT2D eigenvalue weighted by atomic mass is 16.6. The van der Waals surface area contributed by atoms with E-state index in [0.29, 0.717) is 25.4 Å². The molecule has 2 rings (SSSR count). The molecule has 0 aromatic rings. The lowest BCUT2D eigenvalue weighted by molar-refractivity contribution is -0.133. The first-order valence-corrected chi connectivity index (χ1v) is 9.77. The molecular formula is C19H33N3O4. The summed E-state index contributed by atoms with van der Waals surface area (Å²) in [6.07, 6.45) is 6.47. The third-order valence-electron chi connectivity index (χ3n) is 4.94. The van der Waals surface area contributed by atoms with Crippen molar-refractivity contribution >= 4 is 17.9 Å². The largest absolute Gasteiger partial charge is 0.444 e. The van der Waals surface area contributed by atoms with E-state index in [1.165, 1.54) is 25.7 Å². The average molecular weight is 367 g/mol. The lowest BCUT2D eigenvalue weighted by atomic mass is 10.0. The van der Waals surface area contributed by atoms with Crippen molar-refractivity contribution in [2.75, 3.05) is 19.6 Å². The quantitative estimate of drug-likeness (QED) is 0.780. The van der Waals surface area contributed by atoms with Crippen LogP contribution in [0.2, 0.25) is 0 Å². The Labute approximate surface area is 156 Å². The Morgan fingerprint density at radius 1 is 1.04 bits per heavy atom. The molecule has 0 spiro atoms. The molecule has 0 atom stereocenters. The topological polar surface area (TPSA) is 87.7 Å². The van der Waals surface area contributed by atoms with Crippen LogP contribution in [-0.4, -0.2) is 54.1 Å². The van der Waals surface area contributed by atoms with Gasteiger partial charge in [-0.25, -0.2) is 4.79 Å². The van der Waals surface area contributed by atoms with Crippen LogP contribution in [0.4, 0.5) is 4.79 Å². The van der Waals surface area contributed by atoms with Gasteiger partial charge in [0.25, 0.3) is 0 Å². The second-order valence-corrected chi connectivity index (χ2v) is 8.43. The minimum Gasteiger partial charge on any atom is -0.444 e. The van der Waals surface area contributed by atoms with Crippen molar-refractivity contribution < 1.29 is 19.1 Å². The number of nitrogens with zero attached hydrogens (tertiary/aromatic N) is 1. The fourth-order valence-electron chi connectivity index (χ4n) is 3.61. The van der Waals surface area contributed by atoms with Crippen LogP contribution in [0, 0.1) is 5.92 Å². The maximum atomic E-state index is 12.4. The van der Waals surface area contributed by atoms with Gasteiger partial charge < -0.3 is 20.3 Å². The van der Waals surface area contributed by atoms with Gasteiger partial charge in [-0.15, -0.1) is 0 Å². The Bertz CT molecular complexity index is 501. The van der Waals surface area contributed by atoms with E-state index in [1.807, 2.05) is 4.90 Å². The third-order valence-corrected chi connectivity index (χ3v) is 4.94. The molecule has 7 nitrogen and oxygen atoms in total. The van der Waals surface area contributed by atoms with Crippen LogP contribution in [0.25, 0.3) is 0 Å². The molecule has 3 amide bonds. The molecule has 1 heterocycles. The first kappa shape index (κ1) is 20.5. The zero-order chi connectivity index (χ0) is 19.2. The molecule has 2 N–H and O–H groups in total. The molecule has 26 heavy (non-hydrogen) atoms. The number of piperidine rings is 1. The summed E-state index contributed by atoms with van der Waals surface area (Å²) in [5, 5.41) is 5.38. The van der Waals surface area contributed by atoms with Crippen LogP contribution < -0.4 is 10.6 Å². The molecule has 0 radical (unpaired) electrons. The summed E-state index contributed by atoms with van der Waals surface area (Å²) < 4.78 is 5.10. The molecule has 0 unspecified atom stereocenters. The van der Waals surface area contributed by atoms with E-state index >= 15 is 0 Å². The Kier molecular flexibility index (Phi) is 7.29. The number of nitrogens with one attached hydrogen (secondary N) is 2. The summed E-state index contributed by atoms with van der Waals surface area (Å²) in [6, 6.07) is 0.0541. The first-order valence-electron chi connectivity index (χ1n) is 9.77. The van der Waals surface area contributed by atoms with E-state index in [9.17, 15) is 14.4 Å². The summed E-state index contributed by atoms with van der Waals surface area (Å²) in [5.74, 6) is 0.596. The van der Waals surface area contributed by atoms with E-state index in [2.05, 4.69) is 10.6 Å². The number of hydrogen-bond donors (Lipinski definition) is 2. The highest BCUT2D eigenvalue weighted by Gasteiger charge is 2.26. The van der Waals surface area contributed by atoms with Gasteiger partial charge in [0, 0.05) is 25.6 Å². The predicted molar refractivity (Wildman–Crippen MR) is 98.6 cm³/mol. The van der Waals surface area contributed by atoms with Gasteiger partial charge in [0.15, 0.2) is 0 Å². The van der Waals surface area contributed by atoms with Crippen molar-refractivity contribution in [3.8, 4) is 0 Å². The Morgan fingerprint density at radius 2 is 1.65 bits per heavy atom. The molecule has 0 aromatic carbocycles. The third kappa shape index (κ3) is 7.22. The van der Waals surface area contributed by atoms with Gasteiger partial charge in [-0.1, -0.05) is 12.8 Å². The number of hydrogen-bond acceptors (Lipinski definition) is 4. The summed E-state index contributed by atoms with van der Waals surface area (Å²) in [6.45, 7) is 6.60. The van der Waals surface area contributed by atoms with Crippen LogP contribution in [-0.2, 0) is 14.3 Å². The van der Waals surface area contributed by atoms with Crippen molar-refractivity contribution in [1.29, 1.82) is 0 Å². The average Bonchev–Trinajstić information content (AvgIpc) is 3.05. The van der Waals surface area contributed by atoms with Gasteiger partial charge in [0.2, 0.25) is 11.8 Å². The van der Waals surface area contributed by atoms with Crippen molar-refractivity contribution in [2.24, 2.45) is 5.92 Å². The summed E-state index contributed by atoms with van der Waals surface area (Å²) >= 11 is 0. The second-order valence-electron chi connectivity index (χ2n) is 8.43. The van der Waals surface area contributed by atoms with Crippen LogP contribution in [0.5, 0.6) is 0 Å². The highest BCUT2D eigenvalue weighted by molar-refractivity contribution is 5.82. The van der Waals surface area contributed by atoms with Crippen LogP contribution in [0.1, 0.15) is 65.7 Å².